The molecule has 0 saturated heterocycles. The normalized spacial score (nSPS) is 13.1. The summed E-state index contributed by atoms with van der Waals surface area (Å²) in [4.78, 5) is 28.5. The second-order valence-electron chi connectivity index (χ2n) is 7.92. The highest BCUT2D eigenvalue weighted by Gasteiger charge is 2.31. The number of hydrogen-bond donors (Lipinski definition) is 2. The van der Waals surface area contributed by atoms with E-state index < -0.39 is 29.7 Å². The van der Waals surface area contributed by atoms with E-state index in [-0.39, 0.29) is 28.8 Å². The number of nitrogens with zero attached hydrogens (tertiary/aromatic N) is 1. The van der Waals surface area contributed by atoms with Crippen LogP contribution in [0.5, 0.6) is 0 Å². The molecule has 2 N–H and O–H groups in total. The number of hydrogen-bond acceptors (Lipinski definition) is 5. The van der Waals surface area contributed by atoms with Gasteiger partial charge in [0.15, 0.2) is 6.04 Å². The van der Waals surface area contributed by atoms with Crippen LogP contribution >= 0.6 is 11.3 Å². The first-order chi connectivity index (χ1) is 16.9. The Kier molecular flexibility index (Phi) is 6.00. The molecule has 1 heterocycles. The van der Waals surface area contributed by atoms with Crippen molar-refractivity contribution in [1.29, 1.82) is 0 Å². The number of amides is 1. The third-order valence-electron chi connectivity index (χ3n) is 5.85. The van der Waals surface area contributed by atoms with E-state index >= 15 is 0 Å². The zero-order valence-corrected chi connectivity index (χ0v) is 18.9. The van der Waals surface area contributed by atoms with Gasteiger partial charge in [-0.15, -0.1) is 11.3 Å². The lowest BCUT2D eigenvalue weighted by molar-refractivity contribution is -0.139. The molecule has 3 aromatic carbocycles. The highest BCUT2D eigenvalue weighted by Crippen LogP contribution is 2.44. The Hall–Kier alpha value is -4.11. The fraction of sp³-hybridized carbons (Fsp3) is 0.115. The van der Waals surface area contributed by atoms with Crippen molar-refractivity contribution in [2.75, 3.05) is 6.61 Å². The van der Waals surface area contributed by atoms with Crippen molar-refractivity contribution in [2.24, 2.45) is 0 Å². The molecule has 4 aromatic rings. The maximum absolute atomic E-state index is 14.1. The zero-order valence-electron chi connectivity index (χ0n) is 18.1. The number of carbonyl (C=O) groups excluding carboxylic acids is 1. The van der Waals surface area contributed by atoms with Crippen LogP contribution in [0.3, 0.4) is 0 Å². The van der Waals surface area contributed by atoms with Crippen molar-refractivity contribution in [1.82, 2.24) is 10.3 Å². The predicted octanol–water partition coefficient (Wildman–Crippen LogP) is 5.75. The molecule has 1 aromatic heterocycles. The number of carboxylic acids is 1. The average Bonchev–Trinajstić information content (AvgIpc) is 3.44. The number of halogens is 2. The van der Waals surface area contributed by atoms with E-state index in [2.05, 4.69) is 10.3 Å². The Morgan fingerprint density at radius 1 is 0.971 bits per heavy atom. The second kappa shape index (κ2) is 9.27. The fourth-order valence-electron chi connectivity index (χ4n) is 4.26. The molecule has 6 nitrogen and oxygen atoms in total. The van der Waals surface area contributed by atoms with Gasteiger partial charge in [-0.25, -0.2) is 23.4 Å². The number of carbonyl (C=O) groups is 2. The van der Waals surface area contributed by atoms with Crippen LogP contribution in [0.2, 0.25) is 0 Å². The Morgan fingerprint density at radius 2 is 1.57 bits per heavy atom. The van der Waals surface area contributed by atoms with Crippen LogP contribution in [0.4, 0.5) is 13.6 Å². The van der Waals surface area contributed by atoms with E-state index in [1.807, 2.05) is 48.5 Å². The quantitative estimate of drug-likeness (QED) is 0.358. The molecule has 0 bridgehead atoms. The lowest BCUT2D eigenvalue weighted by atomic mass is 9.98. The highest BCUT2D eigenvalue weighted by atomic mass is 32.1. The first kappa shape index (κ1) is 22.7. The Balaban J connectivity index is 1.31. The summed E-state index contributed by atoms with van der Waals surface area (Å²) in [5.74, 6) is -3.21. The number of rotatable bonds is 6. The van der Waals surface area contributed by atoms with E-state index in [1.54, 1.807) is 0 Å². The van der Waals surface area contributed by atoms with Crippen LogP contribution in [-0.4, -0.2) is 28.8 Å². The molecule has 1 aliphatic rings. The molecular weight excluding hydrogens is 474 g/mol. The SMILES string of the molecule is O=C(NC(C(=O)O)c1csc(-c2c(F)cccc2F)n1)OCC1c2ccccc2-c2ccccc21. The minimum Gasteiger partial charge on any atom is -0.479 e. The summed E-state index contributed by atoms with van der Waals surface area (Å²) in [6, 6.07) is 17.5. The van der Waals surface area contributed by atoms with Crippen LogP contribution < -0.4 is 5.32 Å². The van der Waals surface area contributed by atoms with Gasteiger partial charge in [0.25, 0.3) is 0 Å². The molecule has 1 unspecified atom stereocenters. The van der Waals surface area contributed by atoms with Crippen molar-refractivity contribution < 1.29 is 28.2 Å². The fourth-order valence-corrected chi connectivity index (χ4v) is 5.15. The Bertz CT molecular complexity index is 1370. The summed E-state index contributed by atoms with van der Waals surface area (Å²) in [7, 11) is 0. The van der Waals surface area contributed by atoms with Gasteiger partial charge >= 0.3 is 12.1 Å². The monoisotopic (exact) mass is 492 g/mol. The van der Waals surface area contributed by atoms with Crippen molar-refractivity contribution in [2.45, 2.75) is 12.0 Å². The molecule has 1 aliphatic carbocycles. The smallest absolute Gasteiger partial charge is 0.408 e. The number of thiazole rings is 1. The van der Waals surface area contributed by atoms with Crippen molar-refractivity contribution in [3.8, 4) is 21.7 Å². The van der Waals surface area contributed by atoms with Crippen molar-refractivity contribution in [3.63, 3.8) is 0 Å². The topological polar surface area (TPSA) is 88.5 Å². The molecule has 9 heteroatoms. The Labute approximate surface area is 202 Å². The van der Waals surface area contributed by atoms with E-state index in [0.29, 0.717) is 0 Å². The molecular formula is C26H18F2N2O4S. The number of nitrogens with one attached hydrogen (secondary N) is 1. The molecule has 5 rings (SSSR count). The van der Waals surface area contributed by atoms with Gasteiger partial charge in [-0.05, 0) is 34.4 Å². The molecule has 0 spiro atoms. The minimum absolute atomic E-state index is 0.00888. The van der Waals surface area contributed by atoms with Crippen LogP contribution in [0.25, 0.3) is 21.7 Å². The van der Waals surface area contributed by atoms with Gasteiger partial charge in [0.05, 0.1) is 11.3 Å². The largest absolute Gasteiger partial charge is 0.479 e. The first-order valence-electron chi connectivity index (χ1n) is 10.7. The number of aliphatic carboxylic acids is 1. The third kappa shape index (κ3) is 4.26. The van der Waals surface area contributed by atoms with E-state index in [0.717, 1.165) is 45.7 Å². The highest BCUT2D eigenvalue weighted by molar-refractivity contribution is 7.13. The molecule has 0 fully saturated rings. The Morgan fingerprint density at radius 3 is 2.17 bits per heavy atom. The summed E-state index contributed by atoms with van der Waals surface area (Å²) in [6.45, 7) is 0.00888. The molecule has 1 amide bonds. The molecule has 1 atom stereocenters. The number of alkyl carbamates (subject to hydrolysis) is 1. The maximum Gasteiger partial charge on any atom is 0.408 e. The van der Waals surface area contributed by atoms with Gasteiger partial charge in [-0.3, -0.25) is 0 Å². The van der Waals surface area contributed by atoms with Crippen molar-refractivity contribution in [3.05, 3.63) is 101 Å². The maximum atomic E-state index is 14.1. The molecule has 0 radical (unpaired) electrons. The van der Waals surface area contributed by atoms with Gasteiger partial charge in [0, 0.05) is 11.3 Å². The predicted molar refractivity (Wildman–Crippen MR) is 126 cm³/mol. The number of fused-ring (bicyclic) bond motifs is 3. The lowest BCUT2D eigenvalue weighted by Gasteiger charge is -2.16. The van der Waals surface area contributed by atoms with Crippen LogP contribution in [-0.2, 0) is 9.53 Å². The van der Waals surface area contributed by atoms with Crippen LogP contribution in [0.1, 0.15) is 28.8 Å². The van der Waals surface area contributed by atoms with Crippen LogP contribution in [0, 0.1) is 11.6 Å². The summed E-state index contributed by atoms with van der Waals surface area (Å²) in [5, 5.41) is 13.3. The summed E-state index contributed by atoms with van der Waals surface area (Å²) in [6.07, 6.45) is -0.939. The summed E-state index contributed by atoms with van der Waals surface area (Å²) in [5.41, 5.74) is 3.76. The van der Waals surface area contributed by atoms with Gasteiger partial charge in [0.1, 0.15) is 23.2 Å². The second-order valence-corrected chi connectivity index (χ2v) is 8.77. The number of aromatic nitrogens is 1. The van der Waals surface area contributed by atoms with E-state index in [4.69, 9.17) is 4.74 Å². The van der Waals surface area contributed by atoms with Gasteiger partial charge in [-0.1, -0.05) is 54.6 Å². The zero-order chi connectivity index (χ0) is 24.5. The number of ether oxygens (including phenoxy) is 1. The van der Waals surface area contributed by atoms with Gasteiger partial charge in [0.2, 0.25) is 0 Å². The average molecular weight is 493 g/mol. The first-order valence-corrected chi connectivity index (χ1v) is 11.6. The number of benzene rings is 3. The lowest BCUT2D eigenvalue weighted by Crippen LogP contribution is -2.35. The third-order valence-corrected chi connectivity index (χ3v) is 6.73. The van der Waals surface area contributed by atoms with Crippen molar-refractivity contribution >= 4 is 23.4 Å². The summed E-state index contributed by atoms with van der Waals surface area (Å²) < 4.78 is 33.6. The molecule has 0 aliphatic heterocycles. The van der Waals surface area contributed by atoms with E-state index in [9.17, 15) is 23.5 Å². The number of carboxylic acid groups (broad SMARTS) is 1. The van der Waals surface area contributed by atoms with Gasteiger partial charge < -0.3 is 15.2 Å². The van der Waals surface area contributed by atoms with Gasteiger partial charge in [-0.2, -0.15) is 0 Å². The summed E-state index contributed by atoms with van der Waals surface area (Å²) >= 11 is 0.876. The molecule has 176 valence electrons. The standard InChI is InChI=1S/C26H18F2N2O4S/c27-19-10-5-11-20(28)22(19)24-29-21(13-35-24)23(25(31)32)30-26(33)34-12-18-16-8-3-1-6-14(16)15-7-2-4-9-17(15)18/h1-11,13,18,23H,12H2,(H,30,33)(H,31,32). The van der Waals surface area contributed by atoms with Crippen LogP contribution in [0.15, 0.2) is 72.1 Å². The molecule has 35 heavy (non-hydrogen) atoms. The minimum atomic E-state index is -1.55. The van der Waals surface area contributed by atoms with E-state index in [1.165, 1.54) is 11.4 Å². The molecule has 0 saturated carbocycles.